The van der Waals surface area contributed by atoms with Gasteiger partial charge in [0.2, 0.25) is 0 Å². The highest BCUT2D eigenvalue weighted by atomic mass is 15.1. The van der Waals surface area contributed by atoms with Gasteiger partial charge in [0.25, 0.3) is 0 Å². The van der Waals surface area contributed by atoms with Crippen molar-refractivity contribution in [3.8, 4) is 0 Å². The van der Waals surface area contributed by atoms with Crippen LogP contribution in [0.25, 0.3) is 0 Å². The van der Waals surface area contributed by atoms with E-state index in [1.165, 1.54) is 16.7 Å². The van der Waals surface area contributed by atoms with Crippen molar-refractivity contribution in [2.75, 3.05) is 14.1 Å². The molecule has 0 spiro atoms. The van der Waals surface area contributed by atoms with Gasteiger partial charge in [0.1, 0.15) is 7.85 Å². The maximum absolute atomic E-state index is 5.97. The van der Waals surface area contributed by atoms with Crippen molar-refractivity contribution in [2.45, 2.75) is 24.8 Å². The Morgan fingerprint density at radius 1 is 1.05 bits per heavy atom. The van der Waals surface area contributed by atoms with Gasteiger partial charge in [-0.2, -0.15) is 0 Å². The minimum atomic E-state index is 0.454. The summed E-state index contributed by atoms with van der Waals surface area (Å²) >= 11 is 0. The fourth-order valence-electron chi connectivity index (χ4n) is 3.28. The number of benzene rings is 2. The van der Waals surface area contributed by atoms with Crippen molar-refractivity contribution < 1.29 is 0 Å². The second-order valence-corrected chi connectivity index (χ2v) is 5.98. The van der Waals surface area contributed by atoms with Gasteiger partial charge in [-0.3, -0.25) is 0 Å². The number of hydrogen-bond donors (Lipinski definition) is 0. The fraction of sp³-hybridized carbons (Fsp3) is 0.333. The lowest BCUT2D eigenvalue weighted by Crippen LogP contribution is -2.35. The van der Waals surface area contributed by atoms with Crippen LogP contribution in [0.1, 0.15) is 29.0 Å². The van der Waals surface area contributed by atoms with E-state index in [1.54, 1.807) is 0 Å². The number of rotatable bonds is 2. The molecule has 0 saturated heterocycles. The predicted octanol–water partition coefficient (Wildman–Crippen LogP) is 2.49. The average molecular weight is 261 g/mol. The maximum Gasteiger partial charge on any atom is 0.113 e. The SMILES string of the molecule is [B]c1cccc(C2CC(N(C)C)Cc3ccccc32)c1. The lowest BCUT2D eigenvalue weighted by atomic mass is 9.75. The van der Waals surface area contributed by atoms with Gasteiger partial charge in [0, 0.05) is 12.0 Å². The Bertz CT molecular complexity index is 606. The third-order valence-corrected chi connectivity index (χ3v) is 4.44. The molecule has 0 saturated carbocycles. The van der Waals surface area contributed by atoms with Crippen LogP contribution in [0.5, 0.6) is 0 Å². The minimum absolute atomic E-state index is 0.454. The molecule has 2 radical (unpaired) electrons. The van der Waals surface area contributed by atoms with Crippen LogP contribution >= 0.6 is 0 Å². The molecule has 2 unspecified atom stereocenters. The van der Waals surface area contributed by atoms with E-state index < -0.39 is 0 Å². The Hall–Kier alpha value is -1.54. The number of fused-ring (bicyclic) bond motifs is 1. The molecule has 100 valence electrons. The molecule has 1 aliphatic carbocycles. The molecule has 2 aromatic carbocycles. The summed E-state index contributed by atoms with van der Waals surface area (Å²) in [4.78, 5) is 2.34. The zero-order valence-corrected chi connectivity index (χ0v) is 12.2. The monoisotopic (exact) mass is 261 g/mol. The lowest BCUT2D eigenvalue weighted by molar-refractivity contribution is 0.258. The summed E-state index contributed by atoms with van der Waals surface area (Å²) in [5.74, 6) is 0.454. The fourth-order valence-corrected chi connectivity index (χ4v) is 3.28. The average Bonchev–Trinajstić information content (AvgIpc) is 2.46. The highest BCUT2D eigenvalue weighted by Gasteiger charge is 2.28. The zero-order valence-electron chi connectivity index (χ0n) is 12.2. The van der Waals surface area contributed by atoms with E-state index in [-0.39, 0.29) is 0 Å². The van der Waals surface area contributed by atoms with Gasteiger partial charge in [-0.05, 0) is 43.6 Å². The van der Waals surface area contributed by atoms with E-state index in [0.717, 1.165) is 18.3 Å². The Morgan fingerprint density at radius 3 is 2.60 bits per heavy atom. The molecule has 2 aromatic rings. The van der Waals surface area contributed by atoms with Crippen LogP contribution < -0.4 is 5.46 Å². The standard InChI is InChI=1S/C18H20BN/c1-20(2)16-11-14-6-3-4-9-17(14)18(12-16)13-7-5-8-15(19)10-13/h3-10,16,18H,11-12H2,1-2H3. The number of nitrogens with zero attached hydrogens (tertiary/aromatic N) is 1. The Morgan fingerprint density at radius 2 is 1.85 bits per heavy atom. The molecule has 0 fully saturated rings. The first-order valence-corrected chi connectivity index (χ1v) is 7.25. The van der Waals surface area contributed by atoms with Crippen LogP contribution in [-0.4, -0.2) is 32.9 Å². The first-order valence-electron chi connectivity index (χ1n) is 7.25. The molecule has 3 rings (SSSR count). The zero-order chi connectivity index (χ0) is 14.1. The Kier molecular flexibility index (Phi) is 3.67. The van der Waals surface area contributed by atoms with Gasteiger partial charge in [-0.15, -0.1) is 0 Å². The topological polar surface area (TPSA) is 3.24 Å². The molecule has 0 N–H and O–H groups in total. The predicted molar refractivity (Wildman–Crippen MR) is 85.9 cm³/mol. The van der Waals surface area contributed by atoms with E-state index in [2.05, 4.69) is 61.5 Å². The molecule has 1 aliphatic rings. The number of likely N-dealkylation sites (N-methyl/N-ethyl adjacent to an activating group) is 1. The van der Waals surface area contributed by atoms with Gasteiger partial charge < -0.3 is 4.90 Å². The van der Waals surface area contributed by atoms with Gasteiger partial charge in [-0.25, -0.2) is 0 Å². The Balaban J connectivity index is 2.05. The van der Waals surface area contributed by atoms with Crippen molar-refractivity contribution >= 4 is 13.3 Å². The molecule has 0 heterocycles. The first-order chi connectivity index (χ1) is 9.65. The van der Waals surface area contributed by atoms with Gasteiger partial charge in [0.15, 0.2) is 0 Å². The third-order valence-electron chi connectivity index (χ3n) is 4.44. The van der Waals surface area contributed by atoms with Gasteiger partial charge >= 0.3 is 0 Å². The van der Waals surface area contributed by atoms with Crippen LogP contribution in [0.4, 0.5) is 0 Å². The molecule has 2 atom stereocenters. The number of hydrogen-bond acceptors (Lipinski definition) is 1. The second kappa shape index (κ2) is 5.45. The molecule has 2 heteroatoms. The first kappa shape index (κ1) is 13.4. The van der Waals surface area contributed by atoms with Crippen molar-refractivity contribution in [2.24, 2.45) is 0 Å². The van der Waals surface area contributed by atoms with E-state index in [4.69, 9.17) is 7.85 Å². The largest absolute Gasteiger partial charge is 0.306 e. The highest BCUT2D eigenvalue weighted by Crippen LogP contribution is 2.37. The van der Waals surface area contributed by atoms with E-state index in [0.29, 0.717) is 12.0 Å². The molecular formula is C18H20BN. The highest BCUT2D eigenvalue weighted by molar-refractivity contribution is 6.32. The summed E-state index contributed by atoms with van der Waals surface area (Å²) < 4.78 is 0. The summed E-state index contributed by atoms with van der Waals surface area (Å²) in [6, 6.07) is 17.8. The van der Waals surface area contributed by atoms with E-state index >= 15 is 0 Å². The lowest BCUT2D eigenvalue weighted by Gasteiger charge is -2.35. The van der Waals surface area contributed by atoms with Crippen LogP contribution in [0.3, 0.4) is 0 Å². The van der Waals surface area contributed by atoms with Crippen molar-refractivity contribution in [1.82, 2.24) is 4.90 Å². The molecule has 0 bridgehead atoms. The van der Waals surface area contributed by atoms with E-state index in [1.807, 2.05) is 6.07 Å². The van der Waals surface area contributed by atoms with Crippen LogP contribution in [0.2, 0.25) is 0 Å². The summed E-state index contributed by atoms with van der Waals surface area (Å²) in [5, 5.41) is 0. The summed E-state index contributed by atoms with van der Waals surface area (Å²) in [5.41, 5.74) is 5.14. The summed E-state index contributed by atoms with van der Waals surface area (Å²) in [7, 11) is 10.3. The molecule has 1 nitrogen and oxygen atoms in total. The van der Waals surface area contributed by atoms with Crippen LogP contribution in [-0.2, 0) is 6.42 Å². The van der Waals surface area contributed by atoms with Crippen molar-refractivity contribution in [1.29, 1.82) is 0 Å². The second-order valence-electron chi connectivity index (χ2n) is 5.98. The molecular weight excluding hydrogens is 241 g/mol. The van der Waals surface area contributed by atoms with Crippen LogP contribution in [0.15, 0.2) is 48.5 Å². The van der Waals surface area contributed by atoms with Crippen molar-refractivity contribution in [3.63, 3.8) is 0 Å². The van der Waals surface area contributed by atoms with Gasteiger partial charge in [-0.1, -0.05) is 54.0 Å². The summed E-state index contributed by atoms with van der Waals surface area (Å²) in [6.07, 6.45) is 2.30. The third kappa shape index (κ3) is 2.53. The smallest absolute Gasteiger partial charge is 0.113 e. The van der Waals surface area contributed by atoms with Gasteiger partial charge in [0.05, 0.1) is 0 Å². The van der Waals surface area contributed by atoms with Crippen molar-refractivity contribution in [3.05, 3.63) is 65.2 Å². The van der Waals surface area contributed by atoms with E-state index in [9.17, 15) is 0 Å². The quantitative estimate of drug-likeness (QED) is 0.751. The molecule has 0 aromatic heterocycles. The molecule has 0 aliphatic heterocycles. The molecule has 0 amide bonds. The normalized spacial score (nSPS) is 21.8. The molecule has 20 heavy (non-hydrogen) atoms. The maximum atomic E-state index is 5.97. The Labute approximate surface area is 123 Å². The van der Waals surface area contributed by atoms with Crippen LogP contribution in [0, 0.1) is 0 Å². The summed E-state index contributed by atoms with van der Waals surface area (Å²) in [6.45, 7) is 0. The minimum Gasteiger partial charge on any atom is -0.306 e.